The molecule has 2 aromatic rings. The number of alkyl halides is 2. The van der Waals surface area contributed by atoms with Gasteiger partial charge in [-0.3, -0.25) is 9.36 Å². The van der Waals surface area contributed by atoms with Crippen molar-refractivity contribution in [2.45, 2.75) is 38.3 Å². The molecular weight excluding hydrogens is 332 g/mol. The molecule has 1 aromatic carbocycles. The number of carbonyl (C=O) groups excluding carboxylic acids is 1. The van der Waals surface area contributed by atoms with Crippen molar-refractivity contribution in [3.05, 3.63) is 47.5 Å². The van der Waals surface area contributed by atoms with Crippen molar-refractivity contribution in [3.63, 3.8) is 0 Å². The van der Waals surface area contributed by atoms with Crippen LogP contribution in [0.15, 0.2) is 35.5 Å². The van der Waals surface area contributed by atoms with Gasteiger partial charge in [0, 0.05) is 36.5 Å². The van der Waals surface area contributed by atoms with Crippen LogP contribution in [0.5, 0.6) is 0 Å². The molecule has 0 saturated carbocycles. The molecule has 0 bridgehead atoms. The molecule has 0 N–H and O–H groups in total. The zero-order chi connectivity index (χ0) is 17.7. The maximum atomic E-state index is 12.8. The zero-order valence-electron chi connectivity index (χ0n) is 14.0. The Balaban J connectivity index is 1.83. The van der Waals surface area contributed by atoms with Crippen molar-refractivity contribution in [1.29, 1.82) is 0 Å². The number of benzene rings is 1. The van der Waals surface area contributed by atoms with E-state index in [9.17, 15) is 13.6 Å². The van der Waals surface area contributed by atoms with Gasteiger partial charge in [-0.1, -0.05) is 6.07 Å². The molecule has 7 heteroatoms. The van der Waals surface area contributed by atoms with Gasteiger partial charge in [-0.05, 0) is 37.1 Å². The molecule has 0 aliphatic carbocycles. The van der Waals surface area contributed by atoms with Crippen LogP contribution in [-0.4, -0.2) is 33.2 Å². The summed E-state index contributed by atoms with van der Waals surface area (Å²) >= 11 is 1.62. The number of aryl methyl sites for hydroxylation is 2. The Kier molecular flexibility index (Phi) is 6.36. The number of hydrogen-bond acceptors (Lipinski definition) is 3. The minimum Gasteiger partial charge on any atom is -0.338 e. The van der Waals surface area contributed by atoms with Gasteiger partial charge in [0.1, 0.15) is 5.82 Å². The maximum absolute atomic E-state index is 12.8. The summed E-state index contributed by atoms with van der Waals surface area (Å²) in [5, 5.41) is 0. The lowest BCUT2D eigenvalue weighted by Gasteiger charge is -2.17. The van der Waals surface area contributed by atoms with Crippen LogP contribution >= 0.6 is 11.8 Å². The molecule has 0 fully saturated rings. The van der Waals surface area contributed by atoms with E-state index in [0.29, 0.717) is 12.2 Å². The second kappa shape index (κ2) is 8.28. The molecule has 24 heavy (non-hydrogen) atoms. The van der Waals surface area contributed by atoms with Crippen LogP contribution in [0.3, 0.4) is 0 Å². The molecular formula is C17H21F2N3OS. The van der Waals surface area contributed by atoms with Gasteiger partial charge >= 0.3 is 6.55 Å². The SMILES string of the molecule is Cc1ccc(SCCC(=O)N(C)Cc2nccn2C(F)F)cc1C. The Hall–Kier alpha value is -1.89. The van der Waals surface area contributed by atoms with Crippen molar-refractivity contribution in [3.8, 4) is 0 Å². The predicted octanol–water partition coefficient (Wildman–Crippen LogP) is 4.04. The van der Waals surface area contributed by atoms with Crippen molar-refractivity contribution in [2.24, 2.45) is 0 Å². The Morgan fingerprint density at radius 3 is 2.75 bits per heavy atom. The van der Waals surface area contributed by atoms with E-state index < -0.39 is 6.55 Å². The third-order valence-electron chi connectivity index (χ3n) is 3.83. The normalized spacial score (nSPS) is 11.1. The van der Waals surface area contributed by atoms with Crippen LogP contribution < -0.4 is 0 Å². The molecule has 0 radical (unpaired) electrons. The molecule has 0 aliphatic rings. The second-order valence-corrected chi connectivity index (χ2v) is 6.79. The monoisotopic (exact) mass is 353 g/mol. The molecule has 1 aromatic heterocycles. The fraction of sp³-hybridized carbons (Fsp3) is 0.412. The van der Waals surface area contributed by atoms with Gasteiger partial charge in [-0.2, -0.15) is 8.78 Å². The van der Waals surface area contributed by atoms with Gasteiger partial charge in [0.05, 0.1) is 6.54 Å². The highest BCUT2D eigenvalue weighted by atomic mass is 32.2. The lowest BCUT2D eigenvalue weighted by atomic mass is 10.1. The molecule has 1 heterocycles. The average Bonchev–Trinajstić information content (AvgIpc) is 2.99. The van der Waals surface area contributed by atoms with Gasteiger partial charge in [-0.15, -0.1) is 11.8 Å². The number of aromatic nitrogens is 2. The third kappa shape index (κ3) is 4.80. The highest BCUT2D eigenvalue weighted by molar-refractivity contribution is 7.99. The van der Waals surface area contributed by atoms with E-state index >= 15 is 0 Å². The summed E-state index contributed by atoms with van der Waals surface area (Å²) < 4.78 is 26.3. The van der Waals surface area contributed by atoms with Crippen molar-refractivity contribution >= 4 is 17.7 Å². The summed E-state index contributed by atoms with van der Waals surface area (Å²) in [6.07, 6.45) is 2.88. The van der Waals surface area contributed by atoms with Gasteiger partial charge < -0.3 is 4.90 Å². The van der Waals surface area contributed by atoms with Gasteiger partial charge in [-0.25, -0.2) is 4.98 Å². The first kappa shape index (κ1) is 18.4. The lowest BCUT2D eigenvalue weighted by molar-refractivity contribution is -0.130. The molecule has 4 nitrogen and oxygen atoms in total. The Morgan fingerprint density at radius 2 is 2.08 bits per heavy atom. The molecule has 2 rings (SSSR count). The summed E-state index contributed by atoms with van der Waals surface area (Å²) in [6, 6.07) is 6.21. The predicted molar refractivity (Wildman–Crippen MR) is 91.2 cm³/mol. The molecule has 0 spiro atoms. The minimum atomic E-state index is -2.65. The molecule has 0 unspecified atom stereocenters. The van der Waals surface area contributed by atoms with Crippen LogP contribution in [0.25, 0.3) is 0 Å². The van der Waals surface area contributed by atoms with E-state index in [1.54, 1.807) is 18.8 Å². The standard InChI is InChI=1S/C17H21F2N3OS/c1-12-4-5-14(10-13(12)2)24-9-6-16(23)21(3)11-15-20-7-8-22(15)17(18)19/h4-5,7-8,10,17H,6,9,11H2,1-3H3. The molecule has 0 saturated heterocycles. The average molecular weight is 353 g/mol. The summed E-state index contributed by atoms with van der Waals surface area (Å²) in [5.74, 6) is 0.743. The zero-order valence-corrected chi connectivity index (χ0v) is 14.8. The van der Waals surface area contributed by atoms with E-state index in [-0.39, 0.29) is 18.3 Å². The van der Waals surface area contributed by atoms with Crippen LogP contribution in [0.1, 0.15) is 29.9 Å². The Labute approximate surface area is 144 Å². The molecule has 0 atom stereocenters. The number of carbonyl (C=O) groups is 1. The largest absolute Gasteiger partial charge is 0.338 e. The number of thioether (sulfide) groups is 1. The number of hydrogen-bond donors (Lipinski definition) is 0. The second-order valence-electron chi connectivity index (χ2n) is 5.62. The molecule has 130 valence electrons. The number of rotatable bonds is 7. The molecule has 1 amide bonds. The van der Waals surface area contributed by atoms with Gasteiger partial charge in [0.2, 0.25) is 5.91 Å². The summed E-state index contributed by atoms with van der Waals surface area (Å²) in [7, 11) is 1.60. The summed E-state index contributed by atoms with van der Waals surface area (Å²) in [6.45, 7) is 1.55. The number of imidazole rings is 1. The van der Waals surface area contributed by atoms with E-state index in [4.69, 9.17) is 0 Å². The lowest BCUT2D eigenvalue weighted by Crippen LogP contribution is -2.28. The quantitative estimate of drug-likeness (QED) is 0.705. The number of halogens is 2. The Bertz CT molecular complexity index is 703. The van der Waals surface area contributed by atoms with Crippen molar-refractivity contribution in [1.82, 2.24) is 14.5 Å². The van der Waals surface area contributed by atoms with Crippen LogP contribution in [0.4, 0.5) is 8.78 Å². The summed E-state index contributed by atoms with van der Waals surface area (Å²) in [5.41, 5.74) is 2.46. The first-order valence-corrected chi connectivity index (χ1v) is 8.61. The van der Waals surface area contributed by atoms with Crippen molar-refractivity contribution in [2.75, 3.05) is 12.8 Å². The highest BCUT2D eigenvalue weighted by Gasteiger charge is 2.16. The smallest absolute Gasteiger partial charge is 0.319 e. The summed E-state index contributed by atoms with van der Waals surface area (Å²) in [4.78, 5) is 18.6. The first-order valence-electron chi connectivity index (χ1n) is 7.62. The van der Waals surface area contributed by atoms with Crippen LogP contribution in [0.2, 0.25) is 0 Å². The maximum Gasteiger partial charge on any atom is 0.319 e. The number of nitrogens with zero attached hydrogens (tertiary/aromatic N) is 3. The molecule has 0 aliphatic heterocycles. The van der Waals surface area contributed by atoms with E-state index in [1.165, 1.54) is 28.4 Å². The van der Waals surface area contributed by atoms with E-state index in [1.807, 2.05) is 6.07 Å². The number of amides is 1. The van der Waals surface area contributed by atoms with E-state index in [0.717, 1.165) is 9.46 Å². The third-order valence-corrected chi connectivity index (χ3v) is 4.82. The van der Waals surface area contributed by atoms with Gasteiger partial charge in [0.25, 0.3) is 0 Å². The van der Waals surface area contributed by atoms with Crippen LogP contribution in [0, 0.1) is 13.8 Å². The highest BCUT2D eigenvalue weighted by Crippen LogP contribution is 2.22. The van der Waals surface area contributed by atoms with E-state index in [2.05, 4.69) is 31.0 Å². The Morgan fingerprint density at radius 1 is 1.33 bits per heavy atom. The fourth-order valence-electron chi connectivity index (χ4n) is 2.20. The van der Waals surface area contributed by atoms with Crippen LogP contribution in [-0.2, 0) is 11.3 Å². The van der Waals surface area contributed by atoms with Gasteiger partial charge in [0.15, 0.2) is 0 Å². The minimum absolute atomic E-state index is 0.0739. The fourth-order valence-corrected chi connectivity index (χ4v) is 3.13. The topological polar surface area (TPSA) is 38.1 Å². The first-order chi connectivity index (χ1) is 11.4. The van der Waals surface area contributed by atoms with Crippen molar-refractivity contribution < 1.29 is 13.6 Å².